The zero-order chi connectivity index (χ0) is 19.1. The number of nitrogens with zero attached hydrogens (tertiary/aromatic N) is 1. The van der Waals surface area contributed by atoms with Gasteiger partial charge in [0.25, 0.3) is 0 Å². The Hall–Kier alpha value is -1.84. The van der Waals surface area contributed by atoms with Gasteiger partial charge in [0.1, 0.15) is 0 Å². The van der Waals surface area contributed by atoms with Crippen LogP contribution < -0.4 is 5.32 Å². The molecule has 2 rings (SSSR count). The van der Waals surface area contributed by atoms with E-state index < -0.39 is 0 Å². The molecule has 1 saturated carbocycles. The van der Waals surface area contributed by atoms with E-state index in [0.29, 0.717) is 5.91 Å². The second-order valence-corrected chi connectivity index (χ2v) is 7.68. The van der Waals surface area contributed by atoms with Crippen LogP contribution in [0.4, 0.5) is 5.69 Å². The number of carbonyl (C=O) groups excluding carboxylic acids is 2. The van der Waals surface area contributed by atoms with E-state index >= 15 is 0 Å². The van der Waals surface area contributed by atoms with Gasteiger partial charge < -0.3 is 10.2 Å². The summed E-state index contributed by atoms with van der Waals surface area (Å²) in [7, 11) is 0. The maximum Gasteiger partial charge on any atom is 0.227 e. The van der Waals surface area contributed by atoms with Crippen molar-refractivity contribution in [2.45, 2.75) is 66.2 Å². The average molecular weight is 359 g/mol. The van der Waals surface area contributed by atoms with Crippen LogP contribution in [0.5, 0.6) is 0 Å². The molecule has 144 valence electrons. The highest BCUT2D eigenvalue weighted by Gasteiger charge is 2.32. The number of hydrogen-bond acceptors (Lipinski definition) is 2. The second kappa shape index (κ2) is 9.75. The number of benzene rings is 1. The van der Waals surface area contributed by atoms with Crippen molar-refractivity contribution < 1.29 is 9.59 Å². The maximum atomic E-state index is 12.8. The van der Waals surface area contributed by atoms with E-state index in [4.69, 9.17) is 0 Å². The summed E-state index contributed by atoms with van der Waals surface area (Å²) < 4.78 is 0. The van der Waals surface area contributed by atoms with E-state index in [1.807, 2.05) is 30.9 Å². The topological polar surface area (TPSA) is 49.4 Å². The molecule has 1 fully saturated rings. The van der Waals surface area contributed by atoms with Gasteiger partial charge in [0.15, 0.2) is 0 Å². The molecule has 0 saturated heterocycles. The van der Waals surface area contributed by atoms with E-state index in [9.17, 15) is 9.59 Å². The van der Waals surface area contributed by atoms with E-state index in [1.54, 1.807) is 0 Å². The standard InChI is InChI=1S/C22H34N2O2/c1-5-13-24(14-6-2)22(26)19-11-9-18(10-12-19)21(25)23-20-15-16(3)7-8-17(20)4/h7-8,15,18-19H,5-6,9-14H2,1-4H3,(H,23,25). The van der Waals surface area contributed by atoms with Crippen molar-refractivity contribution in [2.24, 2.45) is 11.8 Å². The molecule has 1 aliphatic rings. The number of rotatable bonds is 7. The SMILES string of the molecule is CCCN(CCC)C(=O)C1CCC(C(=O)Nc2cc(C)ccc2C)CC1. The fourth-order valence-corrected chi connectivity index (χ4v) is 3.84. The number of nitrogens with one attached hydrogen (secondary N) is 1. The van der Waals surface area contributed by atoms with Crippen molar-refractivity contribution >= 4 is 17.5 Å². The average Bonchev–Trinajstić information content (AvgIpc) is 2.64. The van der Waals surface area contributed by atoms with Crippen molar-refractivity contribution in [1.82, 2.24) is 4.90 Å². The lowest BCUT2D eigenvalue weighted by molar-refractivity contribution is -0.138. The molecule has 0 aromatic heterocycles. The molecular weight excluding hydrogens is 324 g/mol. The van der Waals surface area contributed by atoms with Gasteiger partial charge in [0.05, 0.1) is 0 Å². The van der Waals surface area contributed by atoms with Crippen molar-refractivity contribution in [1.29, 1.82) is 0 Å². The Morgan fingerprint density at radius 1 is 1.00 bits per heavy atom. The fraction of sp³-hybridized carbons (Fsp3) is 0.636. The summed E-state index contributed by atoms with van der Waals surface area (Å²) in [6.45, 7) is 9.97. The lowest BCUT2D eigenvalue weighted by atomic mass is 9.80. The van der Waals surface area contributed by atoms with Gasteiger partial charge >= 0.3 is 0 Å². The summed E-state index contributed by atoms with van der Waals surface area (Å²) in [5, 5.41) is 3.09. The third-order valence-electron chi connectivity index (χ3n) is 5.40. The molecular formula is C22H34N2O2. The van der Waals surface area contributed by atoms with Gasteiger partial charge in [-0.3, -0.25) is 9.59 Å². The van der Waals surface area contributed by atoms with Crippen LogP contribution in [0.25, 0.3) is 0 Å². The number of hydrogen-bond donors (Lipinski definition) is 1. The van der Waals surface area contributed by atoms with E-state index in [0.717, 1.165) is 68.4 Å². The second-order valence-electron chi connectivity index (χ2n) is 7.68. The summed E-state index contributed by atoms with van der Waals surface area (Å²) in [4.78, 5) is 27.4. The van der Waals surface area contributed by atoms with Crippen LogP contribution in [-0.4, -0.2) is 29.8 Å². The monoisotopic (exact) mass is 358 g/mol. The Morgan fingerprint density at radius 2 is 1.58 bits per heavy atom. The van der Waals surface area contributed by atoms with Gasteiger partial charge in [-0.2, -0.15) is 0 Å². The molecule has 0 heterocycles. The fourth-order valence-electron chi connectivity index (χ4n) is 3.84. The zero-order valence-electron chi connectivity index (χ0n) is 16.8. The first-order valence-electron chi connectivity index (χ1n) is 10.1. The molecule has 4 nitrogen and oxygen atoms in total. The predicted molar refractivity (Wildman–Crippen MR) is 107 cm³/mol. The van der Waals surface area contributed by atoms with Gasteiger partial charge in [-0.15, -0.1) is 0 Å². The lowest BCUT2D eigenvalue weighted by Gasteiger charge is -2.31. The van der Waals surface area contributed by atoms with Crippen molar-refractivity contribution in [3.63, 3.8) is 0 Å². The van der Waals surface area contributed by atoms with Crippen LogP contribution >= 0.6 is 0 Å². The number of aryl methyl sites for hydroxylation is 2. The minimum absolute atomic E-state index is 0.0183. The first-order chi connectivity index (χ1) is 12.5. The Kier molecular flexibility index (Phi) is 7.67. The van der Waals surface area contributed by atoms with E-state index in [-0.39, 0.29) is 17.7 Å². The molecule has 0 bridgehead atoms. The summed E-state index contributed by atoms with van der Waals surface area (Å²) in [5.41, 5.74) is 3.14. The molecule has 0 radical (unpaired) electrons. The normalized spacial score (nSPS) is 19.8. The van der Waals surface area contributed by atoms with Crippen molar-refractivity contribution in [3.8, 4) is 0 Å². The molecule has 0 unspecified atom stereocenters. The smallest absolute Gasteiger partial charge is 0.227 e. The van der Waals surface area contributed by atoms with Gasteiger partial charge in [0.2, 0.25) is 11.8 Å². The van der Waals surface area contributed by atoms with Crippen LogP contribution in [0, 0.1) is 25.7 Å². The van der Waals surface area contributed by atoms with Crippen LogP contribution in [0.2, 0.25) is 0 Å². The van der Waals surface area contributed by atoms with E-state index in [1.165, 1.54) is 0 Å². The van der Waals surface area contributed by atoms with Crippen LogP contribution in [-0.2, 0) is 9.59 Å². The Balaban J connectivity index is 1.90. The van der Waals surface area contributed by atoms with Crippen LogP contribution in [0.3, 0.4) is 0 Å². The highest BCUT2D eigenvalue weighted by atomic mass is 16.2. The highest BCUT2D eigenvalue weighted by Crippen LogP contribution is 2.31. The lowest BCUT2D eigenvalue weighted by Crippen LogP contribution is -2.39. The first-order valence-corrected chi connectivity index (χ1v) is 10.1. The first kappa shape index (κ1) is 20.5. The van der Waals surface area contributed by atoms with Crippen molar-refractivity contribution in [2.75, 3.05) is 18.4 Å². The molecule has 0 spiro atoms. The summed E-state index contributed by atoms with van der Waals surface area (Å²) in [6.07, 6.45) is 5.26. The summed E-state index contributed by atoms with van der Waals surface area (Å²) >= 11 is 0. The number of amides is 2. The zero-order valence-corrected chi connectivity index (χ0v) is 16.8. The largest absolute Gasteiger partial charge is 0.342 e. The van der Waals surface area contributed by atoms with Crippen LogP contribution in [0.15, 0.2) is 18.2 Å². The van der Waals surface area contributed by atoms with Gasteiger partial charge in [0, 0.05) is 30.6 Å². The molecule has 2 amide bonds. The minimum Gasteiger partial charge on any atom is -0.342 e. The molecule has 1 aromatic rings. The molecule has 1 N–H and O–H groups in total. The summed E-state index contributed by atoms with van der Waals surface area (Å²) in [6, 6.07) is 6.12. The molecule has 4 heteroatoms. The maximum absolute atomic E-state index is 12.8. The Morgan fingerprint density at radius 3 is 2.15 bits per heavy atom. The number of anilines is 1. The van der Waals surface area contributed by atoms with Crippen molar-refractivity contribution in [3.05, 3.63) is 29.3 Å². The molecule has 26 heavy (non-hydrogen) atoms. The van der Waals surface area contributed by atoms with Gasteiger partial charge in [-0.1, -0.05) is 26.0 Å². The molecule has 0 aliphatic heterocycles. The molecule has 0 atom stereocenters. The predicted octanol–water partition coefficient (Wildman–Crippen LogP) is 4.70. The third-order valence-corrected chi connectivity index (χ3v) is 5.40. The van der Waals surface area contributed by atoms with Crippen LogP contribution in [0.1, 0.15) is 63.5 Å². The highest BCUT2D eigenvalue weighted by molar-refractivity contribution is 5.93. The number of carbonyl (C=O) groups is 2. The quantitative estimate of drug-likeness (QED) is 0.768. The van der Waals surface area contributed by atoms with Gasteiger partial charge in [-0.25, -0.2) is 0 Å². The van der Waals surface area contributed by atoms with E-state index in [2.05, 4.69) is 25.2 Å². The molecule has 1 aliphatic carbocycles. The van der Waals surface area contributed by atoms with Gasteiger partial charge in [-0.05, 0) is 69.6 Å². The Bertz CT molecular complexity index is 613. The Labute approximate surface area is 158 Å². The third kappa shape index (κ3) is 5.33. The summed E-state index contributed by atoms with van der Waals surface area (Å²) in [5.74, 6) is 0.508. The molecule has 1 aromatic carbocycles. The minimum atomic E-state index is 0.0183.